The van der Waals surface area contributed by atoms with Gasteiger partial charge >= 0.3 is 0 Å². The summed E-state index contributed by atoms with van der Waals surface area (Å²) in [4.78, 5) is 9.10. The number of thioether (sulfide) groups is 2. The largest absolute Gasteiger partial charge is 0.363 e. The van der Waals surface area contributed by atoms with Crippen LogP contribution in [0, 0.1) is 0 Å². The summed E-state index contributed by atoms with van der Waals surface area (Å²) in [7, 11) is 0. The number of anilines is 1. The molecular weight excluding hydrogens is 298 g/mol. The van der Waals surface area contributed by atoms with Gasteiger partial charge in [0.1, 0.15) is 10.8 Å². The second-order valence-corrected chi connectivity index (χ2v) is 6.59. The first kappa shape index (κ1) is 16.2. The molecule has 0 aliphatic carbocycles. The molecule has 2 aromatic rings. The van der Waals surface area contributed by atoms with Crippen LogP contribution in [0.1, 0.15) is 31.9 Å². The second kappa shape index (κ2) is 8.29. The molecule has 1 aromatic carbocycles. The van der Waals surface area contributed by atoms with Crippen LogP contribution in [0.3, 0.4) is 0 Å². The highest BCUT2D eigenvalue weighted by Crippen LogP contribution is 2.25. The van der Waals surface area contributed by atoms with E-state index in [0.29, 0.717) is 0 Å². The van der Waals surface area contributed by atoms with E-state index in [1.165, 1.54) is 5.56 Å². The van der Waals surface area contributed by atoms with Crippen molar-refractivity contribution in [3.8, 4) is 0 Å². The Labute approximate surface area is 135 Å². The van der Waals surface area contributed by atoms with Gasteiger partial charge in [-0.25, -0.2) is 9.97 Å². The van der Waals surface area contributed by atoms with Crippen molar-refractivity contribution in [2.45, 2.75) is 36.5 Å². The SMILES string of the molecule is CCCSc1cc(NC(C)c2ccccc2)nc(SC)n1. The molecule has 0 saturated carbocycles. The monoisotopic (exact) mass is 319 g/mol. The number of aromatic nitrogens is 2. The lowest BCUT2D eigenvalue weighted by Crippen LogP contribution is -2.08. The molecule has 1 unspecified atom stereocenters. The third-order valence-electron chi connectivity index (χ3n) is 2.98. The molecule has 0 amide bonds. The van der Waals surface area contributed by atoms with Crippen molar-refractivity contribution in [3.63, 3.8) is 0 Å². The van der Waals surface area contributed by atoms with Gasteiger partial charge in [-0.05, 0) is 30.9 Å². The topological polar surface area (TPSA) is 37.8 Å². The number of hydrogen-bond acceptors (Lipinski definition) is 5. The zero-order valence-electron chi connectivity index (χ0n) is 12.7. The van der Waals surface area contributed by atoms with Crippen LogP contribution >= 0.6 is 23.5 Å². The van der Waals surface area contributed by atoms with E-state index in [9.17, 15) is 0 Å². The van der Waals surface area contributed by atoms with Gasteiger partial charge in [-0.3, -0.25) is 0 Å². The Morgan fingerprint density at radius 3 is 2.62 bits per heavy atom. The smallest absolute Gasteiger partial charge is 0.190 e. The standard InChI is InChI=1S/C16H21N3S2/c1-4-10-21-15-11-14(18-16(19-15)20-3)17-12(2)13-8-6-5-7-9-13/h5-9,11-12H,4,10H2,1-3H3,(H,17,18,19). The lowest BCUT2D eigenvalue weighted by atomic mass is 10.1. The van der Waals surface area contributed by atoms with Crippen molar-refractivity contribution in [2.24, 2.45) is 0 Å². The summed E-state index contributed by atoms with van der Waals surface area (Å²) < 4.78 is 0. The quantitative estimate of drug-likeness (QED) is 0.447. The molecule has 21 heavy (non-hydrogen) atoms. The first-order valence-electron chi connectivity index (χ1n) is 7.10. The van der Waals surface area contributed by atoms with Crippen LogP contribution in [0.25, 0.3) is 0 Å². The molecule has 1 aromatic heterocycles. The molecule has 0 aliphatic heterocycles. The molecule has 2 rings (SSSR count). The van der Waals surface area contributed by atoms with E-state index in [-0.39, 0.29) is 6.04 Å². The zero-order chi connectivity index (χ0) is 15.1. The third kappa shape index (κ3) is 4.93. The predicted molar refractivity (Wildman–Crippen MR) is 93.3 cm³/mol. The van der Waals surface area contributed by atoms with Gasteiger partial charge in [0, 0.05) is 12.1 Å². The molecule has 0 bridgehead atoms. The molecule has 0 radical (unpaired) electrons. The molecule has 1 atom stereocenters. The van der Waals surface area contributed by atoms with Crippen LogP contribution in [0.4, 0.5) is 5.82 Å². The van der Waals surface area contributed by atoms with Gasteiger partial charge in [-0.1, -0.05) is 49.0 Å². The minimum atomic E-state index is 0.222. The first-order valence-corrected chi connectivity index (χ1v) is 9.31. The maximum absolute atomic E-state index is 4.55. The van der Waals surface area contributed by atoms with E-state index < -0.39 is 0 Å². The van der Waals surface area contributed by atoms with Crippen LogP contribution in [0.2, 0.25) is 0 Å². The van der Waals surface area contributed by atoms with Crippen LogP contribution < -0.4 is 5.32 Å². The zero-order valence-corrected chi connectivity index (χ0v) is 14.3. The van der Waals surface area contributed by atoms with Gasteiger partial charge in [0.05, 0.1) is 0 Å². The van der Waals surface area contributed by atoms with Crippen LogP contribution in [0.15, 0.2) is 46.6 Å². The van der Waals surface area contributed by atoms with E-state index in [0.717, 1.165) is 28.2 Å². The fourth-order valence-electron chi connectivity index (χ4n) is 1.90. The van der Waals surface area contributed by atoms with Crippen LogP contribution in [-0.2, 0) is 0 Å². The molecule has 1 N–H and O–H groups in total. The van der Waals surface area contributed by atoms with E-state index in [2.05, 4.69) is 53.4 Å². The van der Waals surface area contributed by atoms with Gasteiger partial charge in [0.15, 0.2) is 5.16 Å². The second-order valence-electron chi connectivity index (χ2n) is 4.70. The van der Waals surface area contributed by atoms with Gasteiger partial charge < -0.3 is 5.32 Å². The highest BCUT2D eigenvalue weighted by Gasteiger charge is 2.09. The molecule has 1 heterocycles. The van der Waals surface area contributed by atoms with Crippen molar-refractivity contribution in [1.29, 1.82) is 0 Å². The predicted octanol–water partition coefficient (Wildman–Crippen LogP) is 4.87. The summed E-state index contributed by atoms with van der Waals surface area (Å²) in [6.45, 7) is 4.33. The maximum atomic E-state index is 4.55. The number of nitrogens with zero attached hydrogens (tertiary/aromatic N) is 2. The molecule has 5 heteroatoms. The summed E-state index contributed by atoms with van der Waals surface area (Å²) in [6.07, 6.45) is 3.15. The maximum Gasteiger partial charge on any atom is 0.190 e. The number of nitrogens with one attached hydrogen (secondary N) is 1. The fourth-order valence-corrected chi connectivity index (χ4v) is 3.09. The van der Waals surface area contributed by atoms with Gasteiger partial charge in [0.2, 0.25) is 0 Å². The Morgan fingerprint density at radius 2 is 1.95 bits per heavy atom. The normalized spacial score (nSPS) is 12.1. The average molecular weight is 319 g/mol. The minimum Gasteiger partial charge on any atom is -0.363 e. The third-order valence-corrected chi connectivity index (χ3v) is 4.65. The molecule has 112 valence electrons. The van der Waals surface area contributed by atoms with E-state index >= 15 is 0 Å². The Balaban J connectivity index is 2.14. The van der Waals surface area contributed by atoms with Gasteiger partial charge in [-0.2, -0.15) is 0 Å². The summed E-state index contributed by atoms with van der Waals surface area (Å²) in [5.41, 5.74) is 1.25. The number of rotatable bonds is 7. The Hall–Kier alpha value is -1.20. The lowest BCUT2D eigenvalue weighted by Gasteiger charge is -2.16. The highest BCUT2D eigenvalue weighted by molar-refractivity contribution is 7.99. The van der Waals surface area contributed by atoms with Crippen molar-refractivity contribution < 1.29 is 0 Å². The molecule has 0 saturated heterocycles. The highest BCUT2D eigenvalue weighted by atomic mass is 32.2. The van der Waals surface area contributed by atoms with E-state index in [1.54, 1.807) is 23.5 Å². The average Bonchev–Trinajstić information content (AvgIpc) is 2.53. The molecule has 0 fully saturated rings. The number of hydrogen-bond donors (Lipinski definition) is 1. The molecule has 0 aliphatic rings. The van der Waals surface area contributed by atoms with Gasteiger partial charge in [0.25, 0.3) is 0 Å². The fraction of sp³-hybridized carbons (Fsp3) is 0.375. The Kier molecular flexibility index (Phi) is 6.39. The van der Waals surface area contributed by atoms with E-state index in [4.69, 9.17) is 0 Å². The van der Waals surface area contributed by atoms with Crippen molar-refractivity contribution in [1.82, 2.24) is 9.97 Å². The molecule has 3 nitrogen and oxygen atoms in total. The molecular formula is C16H21N3S2. The Bertz CT molecular complexity index is 561. The first-order chi connectivity index (χ1) is 10.2. The van der Waals surface area contributed by atoms with Crippen LogP contribution in [-0.4, -0.2) is 22.0 Å². The Morgan fingerprint density at radius 1 is 1.19 bits per heavy atom. The summed E-state index contributed by atoms with van der Waals surface area (Å²) in [6, 6.07) is 12.7. The lowest BCUT2D eigenvalue weighted by molar-refractivity contribution is 0.835. The van der Waals surface area contributed by atoms with Crippen molar-refractivity contribution >= 4 is 29.3 Å². The summed E-state index contributed by atoms with van der Waals surface area (Å²) in [5, 5.41) is 5.33. The minimum absolute atomic E-state index is 0.222. The number of benzene rings is 1. The van der Waals surface area contributed by atoms with Crippen molar-refractivity contribution in [2.75, 3.05) is 17.3 Å². The van der Waals surface area contributed by atoms with Crippen LogP contribution in [0.5, 0.6) is 0 Å². The summed E-state index contributed by atoms with van der Waals surface area (Å²) >= 11 is 3.36. The molecule has 0 spiro atoms. The summed E-state index contributed by atoms with van der Waals surface area (Å²) in [5.74, 6) is 1.97. The van der Waals surface area contributed by atoms with Gasteiger partial charge in [-0.15, -0.1) is 11.8 Å². The van der Waals surface area contributed by atoms with Crippen molar-refractivity contribution in [3.05, 3.63) is 42.0 Å². The van der Waals surface area contributed by atoms with E-state index in [1.807, 2.05) is 18.4 Å².